The molecule has 1 N–H and O–H groups in total. The van der Waals surface area contributed by atoms with Crippen molar-refractivity contribution in [3.63, 3.8) is 0 Å². The second-order valence-electron chi connectivity index (χ2n) is 4.52. The van der Waals surface area contributed by atoms with Crippen molar-refractivity contribution >= 4 is 11.7 Å². The average Bonchev–Trinajstić information content (AvgIpc) is 2.78. The quantitative estimate of drug-likeness (QED) is 0.852. The average molecular weight is 253 g/mol. The molecule has 1 unspecified atom stereocenters. The fraction of sp³-hybridized carbons (Fsp3) is 0.188. The minimum Gasteiger partial charge on any atom is -0.449 e. The first-order chi connectivity index (χ1) is 9.29. The summed E-state index contributed by atoms with van der Waals surface area (Å²) in [5, 5.41) is 3.25. The molecule has 0 radical (unpaired) electrons. The van der Waals surface area contributed by atoms with Crippen LogP contribution in [0.25, 0.3) is 0 Å². The molecular formula is C16H15NO2. The summed E-state index contributed by atoms with van der Waals surface area (Å²) < 4.78 is 5.46. The maximum atomic E-state index is 11.8. The number of benzene rings is 2. The molecule has 3 heteroatoms. The molecule has 0 aliphatic carbocycles. The van der Waals surface area contributed by atoms with Crippen molar-refractivity contribution in [2.75, 3.05) is 11.9 Å². The Morgan fingerprint density at radius 2 is 1.84 bits per heavy atom. The summed E-state index contributed by atoms with van der Waals surface area (Å²) in [6, 6.07) is 15.6. The fourth-order valence-electron chi connectivity index (χ4n) is 2.37. The predicted molar refractivity (Wildman–Crippen MR) is 74.3 cm³/mol. The third-order valence-corrected chi connectivity index (χ3v) is 3.28. The molecule has 0 spiro atoms. The molecule has 96 valence electrons. The van der Waals surface area contributed by atoms with E-state index >= 15 is 0 Å². The molecule has 0 amide bonds. The lowest BCUT2D eigenvalue weighted by atomic mass is 9.99. The van der Waals surface area contributed by atoms with Gasteiger partial charge >= 0.3 is 5.97 Å². The van der Waals surface area contributed by atoms with Crippen LogP contribution in [0, 0.1) is 0 Å². The van der Waals surface area contributed by atoms with Crippen molar-refractivity contribution in [1.82, 2.24) is 0 Å². The summed E-state index contributed by atoms with van der Waals surface area (Å²) in [6.45, 7) is 2.95. The highest BCUT2D eigenvalue weighted by Gasteiger charge is 2.31. The highest BCUT2D eigenvalue weighted by Crippen LogP contribution is 2.35. The lowest BCUT2D eigenvalue weighted by Gasteiger charge is -2.12. The zero-order valence-corrected chi connectivity index (χ0v) is 10.7. The molecular weight excluding hydrogens is 238 g/mol. The number of rotatable bonds is 3. The Morgan fingerprint density at radius 3 is 2.58 bits per heavy atom. The first kappa shape index (κ1) is 11.8. The van der Waals surface area contributed by atoms with Crippen molar-refractivity contribution in [2.45, 2.75) is 13.0 Å². The summed E-state index contributed by atoms with van der Waals surface area (Å²) in [5.74, 6) is -0.239. The number of cyclic esters (lactones) is 1. The van der Waals surface area contributed by atoms with Crippen molar-refractivity contribution in [3.05, 3.63) is 65.2 Å². The van der Waals surface area contributed by atoms with Crippen LogP contribution in [0.15, 0.2) is 48.5 Å². The van der Waals surface area contributed by atoms with Gasteiger partial charge in [-0.15, -0.1) is 0 Å². The fourth-order valence-corrected chi connectivity index (χ4v) is 2.37. The number of carbonyl (C=O) groups is 1. The number of carbonyl (C=O) groups excluding carboxylic acids is 1. The van der Waals surface area contributed by atoms with Crippen LogP contribution in [0.2, 0.25) is 0 Å². The third-order valence-electron chi connectivity index (χ3n) is 3.28. The lowest BCUT2D eigenvalue weighted by Crippen LogP contribution is -2.01. The molecule has 1 heterocycles. The van der Waals surface area contributed by atoms with Gasteiger partial charge in [-0.05, 0) is 30.7 Å². The van der Waals surface area contributed by atoms with E-state index in [0.717, 1.165) is 23.4 Å². The van der Waals surface area contributed by atoms with Crippen LogP contribution < -0.4 is 5.32 Å². The summed E-state index contributed by atoms with van der Waals surface area (Å²) in [4.78, 5) is 11.8. The standard InChI is InChI=1S/C16H15NO2/c1-2-17-12-9-7-11(8-10-12)15-13-5-3-4-6-14(13)16(18)19-15/h3-10,15,17H,2H2,1H3. The maximum Gasteiger partial charge on any atom is 0.339 e. The number of nitrogens with one attached hydrogen (secondary N) is 1. The van der Waals surface area contributed by atoms with Crippen LogP contribution in [0.1, 0.15) is 34.5 Å². The van der Waals surface area contributed by atoms with E-state index < -0.39 is 0 Å². The van der Waals surface area contributed by atoms with Crippen LogP contribution in [-0.2, 0) is 4.74 Å². The normalized spacial score (nSPS) is 16.9. The van der Waals surface area contributed by atoms with E-state index in [9.17, 15) is 4.79 Å². The van der Waals surface area contributed by atoms with Gasteiger partial charge < -0.3 is 10.1 Å². The van der Waals surface area contributed by atoms with Gasteiger partial charge in [0.05, 0.1) is 5.56 Å². The van der Waals surface area contributed by atoms with Gasteiger partial charge in [0.15, 0.2) is 6.10 Å². The molecule has 2 aromatic rings. The van der Waals surface area contributed by atoms with Gasteiger partial charge in [-0.3, -0.25) is 0 Å². The Morgan fingerprint density at radius 1 is 1.11 bits per heavy atom. The van der Waals surface area contributed by atoms with Gasteiger partial charge in [-0.1, -0.05) is 30.3 Å². The second-order valence-corrected chi connectivity index (χ2v) is 4.52. The Bertz CT molecular complexity index is 604. The number of ether oxygens (including phenoxy) is 1. The lowest BCUT2D eigenvalue weighted by molar-refractivity contribution is 0.0456. The van der Waals surface area contributed by atoms with E-state index in [2.05, 4.69) is 12.2 Å². The minimum absolute atomic E-state index is 0.239. The molecule has 3 rings (SSSR count). The van der Waals surface area contributed by atoms with Crippen LogP contribution in [0.4, 0.5) is 5.69 Å². The van der Waals surface area contributed by atoms with E-state index in [0.29, 0.717) is 5.56 Å². The smallest absolute Gasteiger partial charge is 0.339 e. The summed E-state index contributed by atoms with van der Waals surface area (Å²) in [5.41, 5.74) is 3.69. The summed E-state index contributed by atoms with van der Waals surface area (Å²) in [7, 11) is 0. The van der Waals surface area contributed by atoms with Crippen molar-refractivity contribution in [2.24, 2.45) is 0 Å². The monoisotopic (exact) mass is 253 g/mol. The molecule has 0 saturated heterocycles. The van der Waals surface area contributed by atoms with E-state index in [4.69, 9.17) is 4.74 Å². The Labute approximate surface area is 112 Å². The first-order valence-corrected chi connectivity index (χ1v) is 6.43. The Kier molecular flexibility index (Phi) is 2.95. The van der Waals surface area contributed by atoms with Crippen LogP contribution in [-0.4, -0.2) is 12.5 Å². The van der Waals surface area contributed by atoms with Gasteiger partial charge in [0, 0.05) is 17.8 Å². The predicted octanol–water partition coefficient (Wildman–Crippen LogP) is 3.38. The number of hydrogen-bond acceptors (Lipinski definition) is 3. The van der Waals surface area contributed by atoms with Gasteiger partial charge in [0.2, 0.25) is 0 Å². The third kappa shape index (κ3) is 2.08. The van der Waals surface area contributed by atoms with Gasteiger partial charge in [0.25, 0.3) is 0 Å². The second kappa shape index (κ2) is 4.76. The van der Waals surface area contributed by atoms with Gasteiger partial charge in [-0.2, -0.15) is 0 Å². The molecule has 1 aliphatic heterocycles. The van der Waals surface area contributed by atoms with E-state index in [1.54, 1.807) is 0 Å². The van der Waals surface area contributed by atoms with E-state index in [-0.39, 0.29) is 12.1 Å². The van der Waals surface area contributed by atoms with Gasteiger partial charge in [0.1, 0.15) is 0 Å². The largest absolute Gasteiger partial charge is 0.449 e. The first-order valence-electron chi connectivity index (χ1n) is 6.43. The molecule has 3 nitrogen and oxygen atoms in total. The Balaban J connectivity index is 1.93. The van der Waals surface area contributed by atoms with Crippen molar-refractivity contribution in [1.29, 1.82) is 0 Å². The van der Waals surface area contributed by atoms with E-state index in [1.807, 2.05) is 48.5 Å². The zero-order valence-electron chi connectivity index (χ0n) is 10.7. The van der Waals surface area contributed by atoms with Crippen LogP contribution in [0.3, 0.4) is 0 Å². The van der Waals surface area contributed by atoms with Crippen molar-refractivity contribution in [3.8, 4) is 0 Å². The molecule has 0 aromatic heterocycles. The van der Waals surface area contributed by atoms with Crippen LogP contribution in [0.5, 0.6) is 0 Å². The highest BCUT2D eigenvalue weighted by molar-refractivity contribution is 5.94. The Hall–Kier alpha value is -2.29. The number of fused-ring (bicyclic) bond motifs is 1. The molecule has 0 bridgehead atoms. The number of esters is 1. The molecule has 1 atom stereocenters. The minimum atomic E-state index is -0.278. The summed E-state index contributed by atoms with van der Waals surface area (Å²) >= 11 is 0. The summed E-state index contributed by atoms with van der Waals surface area (Å²) in [6.07, 6.45) is -0.278. The zero-order chi connectivity index (χ0) is 13.2. The number of anilines is 1. The van der Waals surface area contributed by atoms with Crippen molar-refractivity contribution < 1.29 is 9.53 Å². The topological polar surface area (TPSA) is 38.3 Å². The number of hydrogen-bond donors (Lipinski definition) is 1. The molecule has 2 aromatic carbocycles. The molecule has 0 fully saturated rings. The highest BCUT2D eigenvalue weighted by atomic mass is 16.5. The van der Waals surface area contributed by atoms with Crippen LogP contribution >= 0.6 is 0 Å². The van der Waals surface area contributed by atoms with Gasteiger partial charge in [-0.25, -0.2) is 4.79 Å². The molecule has 1 aliphatic rings. The molecule has 19 heavy (non-hydrogen) atoms. The maximum absolute atomic E-state index is 11.8. The van der Waals surface area contributed by atoms with E-state index in [1.165, 1.54) is 0 Å². The SMILES string of the molecule is CCNc1ccc(C2OC(=O)c3ccccc32)cc1. The molecule has 0 saturated carbocycles.